The van der Waals surface area contributed by atoms with Gasteiger partial charge in [-0.25, -0.2) is 4.52 Å². The standard InChI is InChI=1S/C27H30N8O2/c1-17-23(12-21(14-30-17)26(36)29-10-11-34-15-18-2-5-22(34)6-3-18)31-27(37)25-24-7-4-20(16-35(24)33-32-25)19-8-9-28-13-19/h4,7-9,12-14,16,18,22,28H,2-3,5-6,10-11,15H2,1H3,(H,29,36)(H,31,37). The maximum atomic E-state index is 13.1. The Balaban J connectivity index is 1.11. The molecule has 7 rings (SSSR count). The van der Waals surface area contributed by atoms with E-state index in [1.54, 1.807) is 23.7 Å². The van der Waals surface area contributed by atoms with Crippen LogP contribution in [-0.2, 0) is 0 Å². The van der Waals surface area contributed by atoms with Gasteiger partial charge in [0, 0.05) is 61.6 Å². The van der Waals surface area contributed by atoms with Crippen molar-refractivity contribution in [2.24, 2.45) is 5.92 Å². The molecule has 3 N–H and O–H groups in total. The summed E-state index contributed by atoms with van der Waals surface area (Å²) in [5.41, 5.74) is 4.25. The second kappa shape index (κ2) is 9.78. The fourth-order valence-corrected chi connectivity index (χ4v) is 5.56. The number of nitrogens with zero attached hydrogens (tertiary/aromatic N) is 5. The molecule has 0 unspecified atom stereocenters. The summed E-state index contributed by atoms with van der Waals surface area (Å²) in [6.45, 7) is 4.39. The van der Waals surface area contributed by atoms with E-state index in [0.29, 0.717) is 35.0 Å². The van der Waals surface area contributed by atoms with Gasteiger partial charge in [0.05, 0.1) is 22.5 Å². The van der Waals surface area contributed by atoms with Gasteiger partial charge in [-0.2, -0.15) is 0 Å². The van der Waals surface area contributed by atoms with Crippen molar-refractivity contribution in [3.8, 4) is 11.1 Å². The predicted molar refractivity (Wildman–Crippen MR) is 139 cm³/mol. The van der Waals surface area contributed by atoms with E-state index in [4.69, 9.17) is 0 Å². The van der Waals surface area contributed by atoms with Gasteiger partial charge in [-0.3, -0.25) is 19.5 Å². The summed E-state index contributed by atoms with van der Waals surface area (Å²) < 4.78 is 1.58. The Bertz CT molecular complexity index is 1440. The first-order valence-electron chi connectivity index (χ1n) is 12.8. The molecule has 0 radical (unpaired) electrons. The number of aromatic nitrogens is 5. The SMILES string of the molecule is Cc1ncc(C(=O)NCCN2CC3CCC2CC3)cc1NC(=O)c1nnn2cc(-c3cc[nH]c3)ccc12. The molecular weight excluding hydrogens is 468 g/mol. The van der Waals surface area contributed by atoms with Crippen molar-refractivity contribution in [1.29, 1.82) is 0 Å². The van der Waals surface area contributed by atoms with Crippen LogP contribution >= 0.6 is 0 Å². The third kappa shape index (κ3) is 4.72. The molecule has 4 aromatic rings. The van der Waals surface area contributed by atoms with Crippen LogP contribution in [0, 0.1) is 12.8 Å². The summed E-state index contributed by atoms with van der Waals surface area (Å²) in [4.78, 5) is 35.8. The van der Waals surface area contributed by atoms with Gasteiger partial charge in [0.25, 0.3) is 11.8 Å². The molecule has 1 saturated carbocycles. The van der Waals surface area contributed by atoms with Crippen molar-refractivity contribution in [1.82, 2.24) is 35.0 Å². The molecule has 2 bridgehead atoms. The molecule has 0 spiro atoms. The monoisotopic (exact) mass is 498 g/mol. The number of rotatable bonds is 7. The molecule has 3 fully saturated rings. The summed E-state index contributed by atoms with van der Waals surface area (Å²) in [5.74, 6) is 0.209. The number of anilines is 1. The second-order valence-electron chi connectivity index (χ2n) is 10.0. The zero-order chi connectivity index (χ0) is 25.4. The van der Waals surface area contributed by atoms with Crippen molar-refractivity contribution in [3.63, 3.8) is 0 Å². The van der Waals surface area contributed by atoms with Gasteiger partial charge >= 0.3 is 0 Å². The summed E-state index contributed by atoms with van der Waals surface area (Å²) in [6.07, 6.45) is 12.4. The minimum atomic E-state index is -0.410. The van der Waals surface area contributed by atoms with Gasteiger partial charge in [-0.05, 0) is 56.7 Å². The first-order chi connectivity index (χ1) is 18.0. The number of aromatic amines is 1. The maximum Gasteiger partial charge on any atom is 0.278 e. The average Bonchev–Trinajstić information content (AvgIpc) is 3.61. The molecule has 2 amide bonds. The van der Waals surface area contributed by atoms with E-state index in [0.717, 1.165) is 30.1 Å². The number of hydrogen-bond acceptors (Lipinski definition) is 6. The highest BCUT2D eigenvalue weighted by molar-refractivity contribution is 6.08. The van der Waals surface area contributed by atoms with Crippen molar-refractivity contribution >= 4 is 23.0 Å². The first kappa shape index (κ1) is 23.4. The lowest BCUT2D eigenvalue weighted by Crippen LogP contribution is -2.50. The van der Waals surface area contributed by atoms with Crippen LogP contribution in [0.3, 0.4) is 0 Å². The number of carbonyl (C=O) groups is 2. The molecular formula is C27H30N8O2. The minimum absolute atomic E-state index is 0.198. The Morgan fingerprint density at radius 3 is 2.73 bits per heavy atom. The Morgan fingerprint density at radius 1 is 1.11 bits per heavy atom. The van der Waals surface area contributed by atoms with Gasteiger partial charge < -0.3 is 15.6 Å². The van der Waals surface area contributed by atoms with Crippen LogP contribution in [0.25, 0.3) is 16.6 Å². The van der Waals surface area contributed by atoms with E-state index in [9.17, 15) is 9.59 Å². The molecule has 0 aromatic carbocycles. The number of nitrogens with one attached hydrogen (secondary N) is 3. The molecule has 2 aliphatic heterocycles. The van der Waals surface area contributed by atoms with Crippen LogP contribution in [0.15, 0.2) is 49.1 Å². The Hall–Kier alpha value is -4.05. The third-order valence-corrected chi connectivity index (χ3v) is 7.67. The van der Waals surface area contributed by atoms with E-state index >= 15 is 0 Å². The summed E-state index contributed by atoms with van der Waals surface area (Å²) in [5, 5.41) is 14.1. The predicted octanol–water partition coefficient (Wildman–Crippen LogP) is 3.28. The summed E-state index contributed by atoms with van der Waals surface area (Å²) in [6, 6.07) is 8.03. The largest absolute Gasteiger partial charge is 0.367 e. The number of amides is 2. The number of pyridine rings is 2. The van der Waals surface area contributed by atoms with Crippen molar-refractivity contribution in [2.45, 2.75) is 38.6 Å². The minimum Gasteiger partial charge on any atom is -0.367 e. The van der Waals surface area contributed by atoms with E-state index in [2.05, 4.69) is 35.8 Å². The van der Waals surface area contributed by atoms with Gasteiger partial charge in [-0.1, -0.05) is 11.3 Å². The van der Waals surface area contributed by atoms with Crippen LogP contribution in [-0.4, -0.2) is 67.2 Å². The highest BCUT2D eigenvalue weighted by atomic mass is 16.2. The van der Waals surface area contributed by atoms with Crippen molar-refractivity contribution in [2.75, 3.05) is 25.0 Å². The zero-order valence-corrected chi connectivity index (χ0v) is 20.8. The number of H-pyrrole nitrogens is 1. The van der Waals surface area contributed by atoms with E-state index in [-0.39, 0.29) is 11.6 Å². The molecule has 37 heavy (non-hydrogen) atoms. The third-order valence-electron chi connectivity index (χ3n) is 7.67. The van der Waals surface area contributed by atoms with Crippen LogP contribution in [0.1, 0.15) is 52.2 Å². The highest BCUT2D eigenvalue weighted by Crippen LogP contribution is 2.34. The number of fused-ring (bicyclic) bond motifs is 4. The van der Waals surface area contributed by atoms with Gasteiger partial charge in [0.1, 0.15) is 0 Å². The molecule has 3 aliphatic rings. The number of hydrogen-bond donors (Lipinski definition) is 3. The first-order valence-corrected chi connectivity index (χ1v) is 12.8. The van der Waals surface area contributed by atoms with Crippen LogP contribution in [0.5, 0.6) is 0 Å². The van der Waals surface area contributed by atoms with Crippen LogP contribution in [0.2, 0.25) is 0 Å². The van der Waals surface area contributed by atoms with Crippen molar-refractivity contribution in [3.05, 3.63) is 66.0 Å². The highest BCUT2D eigenvalue weighted by Gasteiger charge is 2.33. The summed E-state index contributed by atoms with van der Waals surface area (Å²) >= 11 is 0. The quantitative estimate of drug-likeness (QED) is 0.360. The van der Waals surface area contributed by atoms with Gasteiger partial charge in [0.15, 0.2) is 5.69 Å². The molecule has 10 heteroatoms. The second-order valence-corrected chi connectivity index (χ2v) is 10.0. The van der Waals surface area contributed by atoms with Gasteiger partial charge in [0.2, 0.25) is 0 Å². The average molecular weight is 499 g/mol. The molecule has 4 aromatic heterocycles. The Labute approximate surface area is 214 Å². The molecule has 10 nitrogen and oxygen atoms in total. The molecule has 0 atom stereocenters. The van der Waals surface area contributed by atoms with Crippen molar-refractivity contribution < 1.29 is 9.59 Å². The maximum absolute atomic E-state index is 13.1. The molecule has 6 heterocycles. The lowest BCUT2D eigenvalue weighted by molar-refractivity contribution is 0.0494. The number of carbonyl (C=O) groups excluding carboxylic acids is 2. The van der Waals surface area contributed by atoms with Gasteiger partial charge in [-0.15, -0.1) is 5.10 Å². The molecule has 190 valence electrons. The Kier molecular flexibility index (Phi) is 6.17. The Morgan fingerprint density at radius 2 is 1.97 bits per heavy atom. The lowest BCUT2D eigenvalue weighted by Gasteiger charge is -2.45. The number of aryl methyl sites for hydroxylation is 1. The van der Waals surface area contributed by atoms with E-state index < -0.39 is 5.91 Å². The topological polar surface area (TPSA) is 120 Å². The smallest absolute Gasteiger partial charge is 0.278 e. The molecule has 2 saturated heterocycles. The van der Waals surface area contributed by atoms with Crippen LogP contribution < -0.4 is 10.6 Å². The molecule has 1 aliphatic carbocycles. The van der Waals surface area contributed by atoms with Crippen LogP contribution in [0.4, 0.5) is 5.69 Å². The van der Waals surface area contributed by atoms with E-state index in [1.165, 1.54) is 25.7 Å². The fourth-order valence-electron chi connectivity index (χ4n) is 5.56. The number of piperidine rings is 2. The fraction of sp³-hybridized carbons (Fsp3) is 0.370. The zero-order valence-electron chi connectivity index (χ0n) is 20.8. The normalized spacial score (nSPS) is 19.3. The summed E-state index contributed by atoms with van der Waals surface area (Å²) in [7, 11) is 0. The van der Waals surface area contributed by atoms with E-state index in [1.807, 2.05) is 36.8 Å². The lowest BCUT2D eigenvalue weighted by atomic mass is 9.80.